The Morgan fingerprint density at radius 2 is 1.33 bits per heavy atom. The molecule has 3 aromatic rings. The number of benzene rings is 2. The van der Waals surface area contributed by atoms with E-state index in [1.165, 1.54) is 45.3 Å². The molecule has 0 N–H and O–H groups in total. The number of hydrogen-bond acceptors (Lipinski definition) is 2. The van der Waals surface area contributed by atoms with Gasteiger partial charge in [0.2, 0.25) is 5.91 Å². The van der Waals surface area contributed by atoms with Crippen LogP contribution in [0.25, 0.3) is 11.1 Å². The van der Waals surface area contributed by atoms with Crippen molar-refractivity contribution in [2.24, 2.45) is 0 Å². The van der Waals surface area contributed by atoms with E-state index in [0.717, 1.165) is 4.90 Å². The number of aromatic nitrogens is 1. The van der Waals surface area contributed by atoms with Crippen molar-refractivity contribution in [2.45, 2.75) is 31.6 Å². The fourth-order valence-corrected chi connectivity index (χ4v) is 4.01. The Morgan fingerprint density at radius 1 is 0.806 bits per heavy atom. The third kappa shape index (κ3) is 5.74. The molecule has 3 rings (SSSR count). The van der Waals surface area contributed by atoms with Crippen molar-refractivity contribution >= 4 is 46.4 Å². The van der Waals surface area contributed by atoms with Crippen molar-refractivity contribution in [3.63, 3.8) is 0 Å². The summed E-state index contributed by atoms with van der Waals surface area (Å²) >= 11 is 18.1. The lowest BCUT2D eigenvalue weighted by molar-refractivity contribution is -0.143. The maximum absolute atomic E-state index is 13.5. The third-order valence-electron chi connectivity index (χ3n) is 5.59. The van der Waals surface area contributed by atoms with Gasteiger partial charge in [-0.15, -0.1) is 0 Å². The molecule has 0 saturated carbocycles. The highest BCUT2D eigenvalue weighted by Crippen LogP contribution is 2.41. The zero-order chi connectivity index (χ0) is 27.2. The summed E-state index contributed by atoms with van der Waals surface area (Å²) in [4.78, 5) is 18.6. The second-order valence-electron chi connectivity index (χ2n) is 8.44. The van der Waals surface area contributed by atoms with Crippen molar-refractivity contribution in [3.8, 4) is 11.1 Å². The van der Waals surface area contributed by atoms with E-state index in [0.29, 0.717) is 23.3 Å². The van der Waals surface area contributed by atoms with Gasteiger partial charge in [0.1, 0.15) is 5.15 Å². The van der Waals surface area contributed by atoms with Gasteiger partial charge in [-0.2, -0.15) is 26.3 Å². The highest BCUT2D eigenvalue weighted by atomic mass is 35.5. The summed E-state index contributed by atoms with van der Waals surface area (Å²) in [5.74, 6) is -0.791. The SMILES string of the molecule is CN(C(=O)C(C)(C)c1cc(C(F)(F)F)cc(C(F)(F)F)c1)c1cnc(Cl)cc1-c1ccc(Cl)c(Cl)c1. The molecular formula is C24H17Cl3F6N2O. The van der Waals surface area contributed by atoms with Gasteiger partial charge in [0.25, 0.3) is 0 Å². The van der Waals surface area contributed by atoms with Gasteiger partial charge in [0, 0.05) is 12.6 Å². The van der Waals surface area contributed by atoms with Gasteiger partial charge >= 0.3 is 12.4 Å². The highest BCUT2D eigenvalue weighted by Gasteiger charge is 2.41. The molecular weight excluding hydrogens is 553 g/mol. The fraction of sp³-hybridized carbons (Fsp3) is 0.250. The minimum absolute atomic E-state index is 0.0132. The van der Waals surface area contributed by atoms with Gasteiger partial charge < -0.3 is 4.90 Å². The van der Waals surface area contributed by atoms with Crippen LogP contribution in [0.15, 0.2) is 48.7 Å². The minimum atomic E-state index is -5.05. The van der Waals surface area contributed by atoms with E-state index in [4.69, 9.17) is 34.8 Å². The maximum atomic E-state index is 13.5. The largest absolute Gasteiger partial charge is 0.416 e. The first kappa shape index (κ1) is 28.1. The number of carbonyl (C=O) groups is 1. The molecule has 12 heteroatoms. The molecule has 1 amide bonds. The summed E-state index contributed by atoms with van der Waals surface area (Å²) in [7, 11) is 1.33. The molecule has 0 aliphatic rings. The lowest BCUT2D eigenvalue weighted by atomic mass is 9.81. The molecule has 0 aliphatic heterocycles. The van der Waals surface area contributed by atoms with Crippen LogP contribution in [0.3, 0.4) is 0 Å². The number of halogens is 9. The topological polar surface area (TPSA) is 33.2 Å². The summed E-state index contributed by atoms with van der Waals surface area (Å²) < 4.78 is 80.3. The number of nitrogens with zero attached hydrogens (tertiary/aromatic N) is 2. The van der Waals surface area contributed by atoms with E-state index in [-0.39, 0.29) is 27.0 Å². The number of hydrogen-bond donors (Lipinski definition) is 0. The number of anilines is 1. The van der Waals surface area contributed by atoms with Gasteiger partial charge in [-0.25, -0.2) is 4.98 Å². The van der Waals surface area contributed by atoms with E-state index in [1.807, 2.05) is 0 Å². The van der Waals surface area contributed by atoms with Gasteiger partial charge in [-0.1, -0.05) is 40.9 Å². The lowest BCUT2D eigenvalue weighted by Gasteiger charge is -2.32. The first-order chi connectivity index (χ1) is 16.4. The molecule has 3 nitrogen and oxygen atoms in total. The average Bonchev–Trinajstić information content (AvgIpc) is 2.78. The quantitative estimate of drug-likeness (QED) is 0.233. The summed E-state index contributed by atoms with van der Waals surface area (Å²) in [6, 6.07) is 7.19. The molecule has 0 unspecified atom stereocenters. The Kier molecular flexibility index (Phi) is 7.61. The van der Waals surface area contributed by atoms with Crippen LogP contribution in [0.4, 0.5) is 32.0 Å². The van der Waals surface area contributed by atoms with E-state index < -0.39 is 40.4 Å². The van der Waals surface area contributed by atoms with Crippen LogP contribution < -0.4 is 4.90 Å². The van der Waals surface area contributed by atoms with Gasteiger partial charge in [0.15, 0.2) is 0 Å². The zero-order valence-corrected chi connectivity index (χ0v) is 21.1. The number of rotatable bonds is 4. The fourth-order valence-electron chi connectivity index (χ4n) is 3.55. The van der Waals surface area contributed by atoms with E-state index in [2.05, 4.69) is 4.98 Å². The van der Waals surface area contributed by atoms with Crippen LogP contribution in [-0.2, 0) is 22.6 Å². The minimum Gasteiger partial charge on any atom is -0.313 e. The normalized spacial score (nSPS) is 12.6. The molecule has 0 fully saturated rings. The average molecular weight is 570 g/mol. The van der Waals surface area contributed by atoms with Crippen molar-refractivity contribution in [3.05, 3.63) is 80.6 Å². The number of alkyl halides is 6. The van der Waals surface area contributed by atoms with Crippen LogP contribution >= 0.6 is 34.8 Å². The summed E-state index contributed by atoms with van der Waals surface area (Å²) in [6.07, 6.45) is -8.84. The standard InChI is InChI=1S/C24H17Cl3F6N2O/c1-22(2,13-7-14(23(28,29)30)9-15(8-13)24(31,32)33)21(36)35(3)19-11-34-20(27)10-16(19)12-4-5-17(25)18(26)6-12/h4-11H,1-3H3. The molecule has 0 aliphatic carbocycles. The highest BCUT2D eigenvalue weighted by molar-refractivity contribution is 6.42. The first-order valence-electron chi connectivity index (χ1n) is 10.1. The number of pyridine rings is 1. The number of likely N-dealkylation sites (N-methyl/N-ethyl adjacent to an activating group) is 1. The second kappa shape index (κ2) is 9.76. The maximum Gasteiger partial charge on any atom is 0.416 e. The molecule has 1 heterocycles. The predicted octanol–water partition coefficient (Wildman–Crippen LogP) is 8.69. The van der Waals surface area contributed by atoms with E-state index >= 15 is 0 Å². The van der Waals surface area contributed by atoms with Crippen molar-refractivity contribution in [1.29, 1.82) is 0 Å². The molecule has 0 spiro atoms. The Balaban J connectivity index is 2.12. The molecule has 0 atom stereocenters. The number of carbonyl (C=O) groups excluding carboxylic acids is 1. The van der Waals surface area contributed by atoms with Crippen molar-refractivity contribution in [1.82, 2.24) is 4.98 Å². The zero-order valence-electron chi connectivity index (χ0n) is 18.8. The monoisotopic (exact) mass is 568 g/mol. The van der Waals surface area contributed by atoms with Crippen molar-refractivity contribution < 1.29 is 31.1 Å². The van der Waals surface area contributed by atoms with Gasteiger partial charge in [-0.05, 0) is 61.4 Å². The smallest absolute Gasteiger partial charge is 0.313 e. The summed E-state index contributed by atoms with van der Waals surface area (Å²) in [5.41, 5.74) is -4.20. The molecule has 1 aromatic heterocycles. The van der Waals surface area contributed by atoms with E-state index in [9.17, 15) is 31.1 Å². The predicted molar refractivity (Wildman–Crippen MR) is 128 cm³/mol. The molecule has 2 aromatic carbocycles. The third-order valence-corrected chi connectivity index (χ3v) is 6.54. The Morgan fingerprint density at radius 3 is 1.83 bits per heavy atom. The second-order valence-corrected chi connectivity index (χ2v) is 9.64. The van der Waals surface area contributed by atoms with Gasteiger partial charge in [-0.3, -0.25) is 4.79 Å². The van der Waals surface area contributed by atoms with E-state index in [1.54, 1.807) is 6.07 Å². The lowest BCUT2D eigenvalue weighted by Crippen LogP contribution is -2.42. The van der Waals surface area contributed by atoms with Crippen LogP contribution in [0.5, 0.6) is 0 Å². The summed E-state index contributed by atoms with van der Waals surface area (Å²) in [6.45, 7) is 2.48. The number of amides is 1. The van der Waals surface area contributed by atoms with Gasteiger partial charge in [0.05, 0.1) is 38.5 Å². The Bertz CT molecular complexity index is 1290. The van der Waals surface area contributed by atoms with Crippen LogP contribution in [-0.4, -0.2) is 17.9 Å². The van der Waals surface area contributed by atoms with Crippen LogP contribution in [0, 0.1) is 0 Å². The molecule has 192 valence electrons. The molecule has 0 bridgehead atoms. The van der Waals surface area contributed by atoms with Crippen molar-refractivity contribution in [2.75, 3.05) is 11.9 Å². The Hall–Kier alpha value is -2.49. The van der Waals surface area contributed by atoms with Crippen LogP contribution in [0.1, 0.15) is 30.5 Å². The molecule has 0 saturated heterocycles. The first-order valence-corrected chi connectivity index (χ1v) is 11.3. The molecule has 0 radical (unpaired) electrons. The summed E-state index contributed by atoms with van der Waals surface area (Å²) in [5, 5.41) is 0.566. The Labute approximate surface area is 217 Å². The van der Waals surface area contributed by atoms with Crippen LogP contribution in [0.2, 0.25) is 15.2 Å². The molecule has 36 heavy (non-hydrogen) atoms.